The number of halogens is 1. The van der Waals surface area contributed by atoms with Crippen LogP contribution in [-0.4, -0.2) is 36.9 Å². The Morgan fingerprint density at radius 3 is 2.84 bits per heavy atom. The van der Waals surface area contributed by atoms with E-state index in [0.717, 1.165) is 11.3 Å². The minimum absolute atomic E-state index is 0.00557. The van der Waals surface area contributed by atoms with Crippen LogP contribution in [0.4, 0.5) is 10.1 Å². The average molecular weight is 342 g/mol. The van der Waals surface area contributed by atoms with Gasteiger partial charge in [0.25, 0.3) is 5.91 Å². The molecule has 6 heteroatoms. The minimum atomic E-state index is -0.423. The summed E-state index contributed by atoms with van der Waals surface area (Å²) in [6.07, 6.45) is 1.05. The highest BCUT2D eigenvalue weighted by molar-refractivity contribution is 5.97. The molecule has 2 aromatic rings. The lowest BCUT2D eigenvalue weighted by Crippen LogP contribution is -2.31. The number of likely N-dealkylation sites (N-methyl/N-ethyl adjacent to an activating group) is 1. The highest BCUT2D eigenvalue weighted by Crippen LogP contribution is 2.24. The quantitative estimate of drug-likeness (QED) is 0.909. The number of rotatable bonds is 5. The molecule has 2 aromatic carbocycles. The van der Waals surface area contributed by atoms with Crippen molar-refractivity contribution in [3.05, 3.63) is 59.4 Å². The predicted molar refractivity (Wildman–Crippen MR) is 92.2 cm³/mol. The van der Waals surface area contributed by atoms with Crippen molar-refractivity contribution in [2.24, 2.45) is 0 Å². The molecule has 2 amide bonds. The number of fused-ring (bicyclic) bond motifs is 1. The van der Waals surface area contributed by atoms with E-state index < -0.39 is 5.82 Å². The molecule has 3 rings (SSSR count). The standard InChI is InChI=1S/C19H19FN2O3/c1-22(10-11-25-17-5-3-2-4-15(17)20)19(24)14-6-8-16-13(12-14)7-9-18(23)21-16/h2-6,8,12H,7,9-11H2,1H3,(H,21,23). The van der Waals surface area contributed by atoms with E-state index in [1.807, 2.05) is 6.07 Å². The summed E-state index contributed by atoms with van der Waals surface area (Å²) in [5.74, 6) is -0.396. The molecule has 0 bridgehead atoms. The van der Waals surface area contributed by atoms with Gasteiger partial charge in [0.05, 0.1) is 6.54 Å². The molecule has 1 N–H and O–H groups in total. The van der Waals surface area contributed by atoms with E-state index >= 15 is 0 Å². The molecule has 1 heterocycles. The van der Waals surface area contributed by atoms with Gasteiger partial charge in [0.15, 0.2) is 11.6 Å². The Balaban J connectivity index is 1.59. The van der Waals surface area contributed by atoms with E-state index in [4.69, 9.17) is 4.74 Å². The number of para-hydroxylation sites is 1. The Bertz CT molecular complexity index is 807. The number of carbonyl (C=O) groups excluding carboxylic acids is 2. The molecule has 0 aromatic heterocycles. The summed E-state index contributed by atoms with van der Waals surface area (Å²) in [5, 5.41) is 2.79. The number of anilines is 1. The molecule has 0 fully saturated rings. The van der Waals surface area contributed by atoms with Crippen LogP contribution in [0.2, 0.25) is 0 Å². The first kappa shape index (κ1) is 17.0. The zero-order chi connectivity index (χ0) is 17.8. The molecule has 0 atom stereocenters. The van der Waals surface area contributed by atoms with Gasteiger partial charge < -0.3 is 15.0 Å². The van der Waals surface area contributed by atoms with Gasteiger partial charge in [-0.25, -0.2) is 4.39 Å². The molecule has 0 spiro atoms. The molecule has 1 aliphatic heterocycles. The molecule has 130 valence electrons. The summed E-state index contributed by atoms with van der Waals surface area (Å²) >= 11 is 0. The van der Waals surface area contributed by atoms with Crippen molar-refractivity contribution in [1.29, 1.82) is 0 Å². The maximum absolute atomic E-state index is 13.5. The molecule has 1 aliphatic rings. The van der Waals surface area contributed by atoms with E-state index in [1.54, 1.807) is 37.4 Å². The highest BCUT2D eigenvalue weighted by atomic mass is 19.1. The van der Waals surface area contributed by atoms with Gasteiger partial charge in [-0.1, -0.05) is 12.1 Å². The summed E-state index contributed by atoms with van der Waals surface area (Å²) in [5.41, 5.74) is 2.28. The first-order valence-corrected chi connectivity index (χ1v) is 8.10. The van der Waals surface area contributed by atoms with Crippen LogP contribution in [0.15, 0.2) is 42.5 Å². The van der Waals surface area contributed by atoms with Gasteiger partial charge >= 0.3 is 0 Å². The second kappa shape index (κ2) is 7.34. The summed E-state index contributed by atoms with van der Waals surface area (Å²) < 4.78 is 18.9. The van der Waals surface area contributed by atoms with Gasteiger partial charge in [-0.15, -0.1) is 0 Å². The summed E-state index contributed by atoms with van der Waals surface area (Å²) in [6.45, 7) is 0.533. The van der Waals surface area contributed by atoms with Crippen LogP contribution in [0.1, 0.15) is 22.3 Å². The number of aryl methyl sites for hydroxylation is 1. The van der Waals surface area contributed by atoms with Crippen LogP contribution >= 0.6 is 0 Å². The summed E-state index contributed by atoms with van der Waals surface area (Å²) in [4.78, 5) is 25.4. The number of hydrogen-bond acceptors (Lipinski definition) is 3. The lowest BCUT2D eigenvalue weighted by Gasteiger charge is -2.20. The van der Waals surface area contributed by atoms with Crippen LogP contribution in [0, 0.1) is 5.82 Å². The van der Waals surface area contributed by atoms with Crippen molar-refractivity contribution < 1.29 is 18.7 Å². The Morgan fingerprint density at radius 2 is 2.04 bits per heavy atom. The zero-order valence-electron chi connectivity index (χ0n) is 13.9. The number of nitrogens with zero attached hydrogens (tertiary/aromatic N) is 1. The number of nitrogens with one attached hydrogen (secondary N) is 1. The SMILES string of the molecule is CN(CCOc1ccccc1F)C(=O)c1ccc2c(c1)CCC(=O)N2. The molecule has 0 saturated carbocycles. The van der Waals surface area contributed by atoms with Crippen LogP contribution in [0.3, 0.4) is 0 Å². The largest absolute Gasteiger partial charge is 0.489 e. The van der Waals surface area contributed by atoms with Crippen LogP contribution < -0.4 is 10.1 Å². The molecule has 0 saturated heterocycles. The molecule has 25 heavy (non-hydrogen) atoms. The maximum Gasteiger partial charge on any atom is 0.253 e. The van der Waals surface area contributed by atoms with Crippen LogP contribution in [0.5, 0.6) is 5.75 Å². The van der Waals surface area contributed by atoms with E-state index in [2.05, 4.69) is 5.32 Å². The monoisotopic (exact) mass is 342 g/mol. The van der Waals surface area contributed by atoms with Crippen molar-refractivity contribution in [3.8, 4) is 5.75 Å². The topological polar surface area (TPSA) is 58.6 Å². The molecule has 0 unspecified atom stereocenters. The summed E-state index contributed by atoms with van der Waals surface area (Å²) in [6, 6.07) is 11.4. The second-order valence-electron chi connectivity index (χ2n) is 5.93. The van der Waals surface area contributed by atoms with E-state index in [1.165, 1.54) is 11.0 Å². The minimum Gasteiger partial charge on any atom is -0.489 e. The predicted octanol–water partition coefficient (Wildman–Crippen LogP) is 2.86. The molecule has 0 radical (unpaired) electrons. The van der Waals surface area contributed by atoms with E-state index in [0.29, 0.717) is 24.9 Å². The van der Waals surface area contributed by atoms with E-state index in [9.17, 15) is 14.0 Å². The number of hydrogen-bond donors (Lipinski definition) is 1. The van der Waals surface area contributed by atoms with Crippen LogP contribution in [0.25, 0.3) is 0 Å². The Hall–Kier alpha value is -2.89. The average Bonchev–Trinajstić information content (AvgIpc) is 2.62. The normalized spacial score (nSPS) is 13.0. The van der Waals surface area contributed by atoms with Crippen molar-refractivity contribution in [2.45, 2.75) is 12.8 Å². The first-order valence-electron chi connectivity index (χ1n) is 8.10. The van der Waals surface area contributed by atoms with Crippen molar-refractivity contribution >= 4 is 17.5 Å². The molecule has 5 nitrogen and oxygen atoms in total. The van der Waals surface area contributed by atoms with Gasteiger partial charge in [0, 0.05) is 24.7 Å². The van der Waals surface area contributed by atoms with Crippen molar-refractivity contribution in [2.75, 3.05) is 25.5 Å². The van der Waals surface area contributed by atoms with E-state index in [-0.39, 0.29) is 24.2 Å². The van der Waals surface area contributed by atoms with Gasteiger partial charge in [-0.05, 0) is 42.3 Å². The Kier molecular flexibility index (Phi) is 4.97. The van der Waals surface area contributed by atoms with Crippen LogP contribution in [-0.2, 0) is 11.2 Å². The highest BCUT2D eigenvalue weighted by Gasteiger charge is 2.18. The summed E-state index contributed by atoms with van der Waals surface area (Å²) in [7, 11) is 1.67. The number of benzene rings is 2. The lowest BCUT2D eigenvalue weighted by atomic mass is 10.00. The Labute approximate surface area is 145 Å². The van der Waals surface area contributed by atoms with Gasteiger partial charge in [-0.2, -0.15) is 0 Å². The smallest absolute Gasteiger partial charge is 0.253 e. The fourth-order valence-electron chi connectivity index (χ4n) is 2.69. The van der Waals surface area contributed by atoms with Gasteiger partial charge in [0.1, 0.15) is 6.61 Å². The van der Waals surface area contributed by atoms with Gasteiger partial charge in [-0.3, -0.25) is 9.59 Å². The number of ether oxygens (including phenoxy) is 1. The van der Waals surface area contributed by atoms with Crippen molar-refractivity contribution in [3.63, 3.8) is 0 Å². The second-order valence-corrected chi connectivity index (χ2v) is 5.93. The maximum atomic E-state index is 13.5. The third kappa shape index (κ3) is 3.96. The molecule has 0 aliphatic carbocycles. The fraction of sp³-hybridized carbons (Fsp3) is 0.263. The third-order valence-corrected chi connectivity index (χ3v) is 4.12. The number of amides is 2. The zero-order valence-corrected chi connectivity index (χ0v) is 13.9. The first-order chi connectivity index (χ1) is 12.0. The molecular formula is C19H19FN2O3. The fourth-order valence-corrected chi connectivity index (χ4v) is 2.69. The van der Waals surface area contributed by atoms with Gasteiger partial charge in [0.2, 0.25) is 5.91 Å². The number of carbonyl (C=O) groups is 2. The lowest BCUT2D eigenvalue weighted by molar-refractivity contribution is -0.116. The van der Waals surface area contributed by atoms with Crippen molar-refractivity contribution in [1.82, 2.24) is 4.90 Å². The third-order valence-electron chi connectivity index (χ3n) is 4.12. The Morgan fingerprint density at radius 1 is 1.24 bits per heavy atom. The molecular weight excluding hydrogens is 323 g/mol.